The van der Waals surface area contributed by atoms with Crippen LogP contribution in [-0.4, -0.2) is 29.1 Å². The molecule has 0 aliphatic rings. The molecule has 1 aromatic heterocycles. The fourth-order valence-corrected chi connectivity index (χ4v) is 3.24. The molecule has 6 nitrogen and oxygen atoms in total. The maximum atomic E-state index is 5.43. The van der Waals surface area contributed by atoms with Gasteiger partial charge >= 0.3 is 0 Å². The number of methoxy groups -OCH3 is 2. The van der Waals surface area contributed by atoms with Crippen LogP contribution in [-0.2, 0) is 6.54 Å². The average molecular weight is 461 g/mol. The predicted octanol–water partition coefficient (Wildman–Crippen LogP) is 4.83. The topological polar surface area (TPSA) is 60.3 Å². The van der Waals surface area contributed by atoms with Crippen LogP contribution >= 0.6 is 28.1 Å². The third kappa shape index (κ3) is 5.02. The number of rotatable bonds is 6. The first kappa shape index (κ1) is 20.2. The van der Waals surface area contributed by atoms with Crippen LogP contribution in [0.4, 0.5) is 11.5 Å². The predicted molar refractivity (Wildman–Crippen MR) is 120 cm³/mol. The molecule has 0 fully saturated rings. The van der Waals surface area contributed by atoms with Gasteiger partial charge in [0.05, 0.1) is 30.9 Å². The van der Waals surface area contributed by atoms with Gasteiger partial charge in [-0.05, 0) is 52.8 Å². The molecule has 28 heavy (non-hydrogen) atoms. The third-order valence-corrected chi connectivity index (χ3v) is 4.85. The standard InChI is InChI=1S/C20H21BrN4O2S/c1-13-4-6-14(7-5-13)11-25-12-16(21)19(24-25)23-20(28)22-17-10-15(26-2)8-9-18(17)27-3/h4-10,12H,11H2,1-3H3,(H2,22,23,24,28). The Labute approximate surface area is 178 Å². The van der Waals surface area contributed by atoms with Crippen molar-refractivity contribution >= 4 is 44.8 Å². The number of benzene rings is 2. The summed E-state index contributed by atoms with van der Waals surface area (Å²) in [5.41, 5.74) is 3.11. The Morgan fingerprint density at radius 1 is 1.11 bits per heavy atom. The van der Waals surface area contributed by atoms with Crippen LogP contribution < -0.4 is 20.1 Å². The highest BCUT2D eigenvalue weighted by molar-refractivity contribution is 9.10. The Morgan fingerprint density at radius 3 is 2.54 bits per heavy atom. The van der Waals surface area contributed by atoms with Crippen molar-refractivity contribution in [3.8, 4) is 11.5 Å². The molecule has 0 saturated carbocycles. The molecule has 0 aliphatic carbocycles. The van der Waals surface area contributed by atoms with Crippen LogP contribution in [0, 0.1) is 6.92 Å². The molecule has 0 bridgehead atoms. The van der Waals surface area contributed by atoms with E-state index in [2.05, 4.69) is 62.9 Å². The molecule has 146 valence electrons. The van der Waals surface area contributed by atoms with Crippen molar-refractivity contribution in [1.82, 2.24) is 9.78 Å². The first-order valence-corrected chi connectivity index (χ1v) is 9.77. The minimum atomic E-state index is 0.396. The van der Waals surface area contributed by atoms with E-state index < -0.39 is 0 Å². The second kappa shape index (κ2) is 9.07. The number of nitrogens with one attached hydrogen (secondary N) is 2. The number of hydrogen-bond donors (Lipinski definition) is 2. The summed E-state index contributed by atoms with van der Waals surface area (Å²) in [5.74, 6) is 2.00. The molecule has 1 heterocycles. The van der Waals surface area contributed by atoms with Crippen molar-refractivity contribution in [2.45, 2.75) is 13.5 Å². The number of ether oxygens (including phenoxy) is 2. The Balaban J connectivity index is 1.69. The van der Waals surface area contributed by atoms with E-state index in [1.54, 1.807) is 14.2 Å². The smallest absolute Gasteiger partial charge is 0.176 e. The molecule has 0 spiro atoms. The monoisotopic (exact) mass is 460 g/mol. The van der Waals surface area contributed by atoms with Gasteiger partial charge in [0, 0.05) is 12.3 Å². The zero-order chi connectivity index (χ0) is 20.1. The van der Waals surface area contributed by atoms with Gasteiger partial charge in [-0.15, -0.1) is 0 Å². The summed E-state index contributed by atoms with van der Waals surface area (Å²) in [5, 5.41) is 11.2. The minimum Gasteiger partial charge on any atom is -0.497 e. The lowest BCUT2D eigenvalue weighted by Crippen LogP contribution is -2.20. The molecule has 2 aromatic carbocycles. The number of aryl methyl sites for hydroxylation is 1. The van der Waals surface area contributed by atoms with E-state index in [9.17, 15) is 0 Å². The molecule has 2 N–H and O–H groups in total. The Hall–Kier alpha value is -2.58. The number of anilines is 2. The largest absolute Gasteiger partial charge is 0.497 e. The summed E-state index contributed by atoms with van der Waals surface area (Å²) >= 11 is 8.96. The van der Waals surface area contributed by atoms with Gasteiger partial charge in [-0.3, -0.25) is 4.68 Å². The Bertz CT molecular complexity index is 973. The molecule has 0 atom stereocenters. The second-order valence-corrected chi connectivity index (χ2v) is 7.42. The van der Waals surface area contributed by atoms with Crippen molar-refractivity contribution < 1.29 is 9.47 Å². The summed E-state index contributed by atoms with van der Waals surface area (Å²) in [7, 11) is 3.22. The number of thiocarbonyl (C=S) groups is 1. The van der Waals surface area contributed by atoms with E-state index >= 15 is 0 Å². The molecule has 0 radical (unpaired) electrons. The van der Waals surface area contributed by atoms with Crippen LogP contribution in [0.2, 0.25) is 0 Å². The van der Waals surface area contributed by atoms with E-state index in [4.69, 9.17) is 21.7 Å². The molecular formula is C20H21BrN4O2S. The zero-order valence-electron chi connectivity index (χ0n) is 15.8. The first-order chi connectivity index (χ1) is 13.5. The maximum Gasteiger partial charge on any atom is 0.176 e. The molecular weight excluding hydrogens is 440 g/mol. The summed E-state index contributed by atoms with van der Waals surface area (Å²) < 4.78 is 13.3. The van der Waals surface area contributed by atoms with Gasteiger partial charge in [-0.25, -0.2) is 0 Å². The van der Waals surface area contributed by atoms with Gasteiger partial charge in [-0.2, -0.15) is 5.10 Å². The van der Waals surface area contributed by atoms with Gasteiger partial charge in [-0.1, -0.05) is 29.8 Å². The van der Waals surface area contributed by atoms with Crippen LogP contribution in [0.25, 0.3) is 0 Å². The summed E-state index contributed by atoms with van der Waals surface area (Å²) in [6, 6.07) is 13.8. The maximum absolute atomic E-state index is 5.43. The Morgan fingerprint density at radius 2 is 1.86 bits per heavy atom. The van der Waals surface area contributed by atoms with Crippen molar-refractivity contribution in [3.05, 3.63) is 64.3 Å². The van der Waals surface area contributed by atoms with Crippen LogP contribution in [0.3, 0.4) is 0 Å². The van der Waals surface area contributed by atoms with Gasteiger partial charge in [0.25, 0.3) is 0 Å². The highest BCUT2D eigenvalue weighted by Crippen LogP contribution is 2.29. The SMILES string of the molecule is COc1ccc(OC)c(NC(=S)Nc2nn(Cc3ccc(C)cc3)cc2Br)c1. The van der Waals surface area contributed by atoms with Crippen LogP contribution in [0.1, 0.15) is 11.1 Å². The van der Waals surface area contributed by atoms with Gasteiger partial charge in [0.2, 0.25) is 0 Å². The first-order valence-electron chi connectivity index (χ1n) is 8.57. The van der Waals surface area contributed by atoms with Gasteiger partial charge < -0.3 is 20.1 Å². The summed E-state index contributed by atoms with van der Waals surface area (Å²) in [4.78, 5) is 0. The Kier molecular flexibility index (Phi) is 6.53. The lowest BCUT2D eigenvalue weighted by Gasteiger charge is -2.13. The third-order valence-electron chi connectivity index (χ3n) is 4.07. The average Bonchev–Trinajstić information content (AvgIpc) is 3.02. The van der Waals surface area contributed by atoms with Crippen LogP contribution in [0.5, 0.6) is 11.5 Å². The highest BCUT2D eigenvalue weighted by Gasteiger charge is 2.11. The fraction of sp³-hybridized carbons (Fsp3) is 0.200. The molecule has 3 aromatic rings. The minimum absolute atomic E-state index is 0.396. The molecule has 0 aliphatic heterocycles. The van der Waals surface area contributed by atoms with E-state index in [0.29, 0.717) is 34.7 Å². The number of aromatic nitrogens is 2. The normalized spacial score (nSPS) is 10.4. The highest BCUT2D eigenvalue weighted by atomic mass is 79.9. The van der Waals surface area contributed by atoms with Crippen molar-refractivity contribution in [2.24, 2.45) is 0 Å². The fourth-order valence-electron chi connectivity index (χ4n) is 2.62. The number of halogens is 1. The zero-order valence-corrected chi connectivity index (χ0v) is 18.2. The lowest BCUT2D eigenvalue weighted by atomic mass is 10.1. The van der Waals surface area contributed by atoms with Gasteiger partial charge in [0.1, 0.15) is 11.5 Å². The van der Waals surface area contributed by atoms with E-state index in [1.165, 1.54) is 11.1 Å². The summed E-state index contributed by atoms with van der Waals surface area (Å²) in [6.45, 7) is 2.74. The van der Waals surface area contributed by atoms with E-state index in [-0.39, 0.29) is 0 Å². The molecule has 0 amide bonds. The molecule has 0 saturated heterocycles. The number of nitrogens with zero attached hydrogens (tertiary/aromatic N) is 2. The van der Waals surface area contributed by atoms with Crippen LogP contribution in [0.15, 0.2) is 53.1 Å². The van der Waals surface area contributed by atoms with E-state index in [1.807, 2.05) is 29.1 Å². The quantitative estimate of drug-likeness (QED) is 0.513. The second-order valence-electron chi connectivity index (χ2n) is 6.15. The van der Waals surface area contributed by atoms with Crippen molar-refractivity contribution in [3.63, 3.8) is 0 Å². The van der Waals surface area contributed by atoms with E-state index in [0.717, 1.165) is 4.47 Å². The summed E-state index contributed by atoms with van der Waals surface area (Å²) in [6.07, 6.45) is 1.91. The van der Waals surface area contributed by atoms with Crippen molar-refractivity contribution in [1.29, 1.82) is 0 Å². The molecule has 8 heteroatoms. The van der Waals surface area contributed by atoms with Crippen molar-refractivity contribution in [2.75, 3.05) is 24.9 Å². The van der Waals surface area contributed by atoms with Gasteiger partial charge in [0.15, 0.2) is 10.9 Å². The molecule has 0 unspecified atom stereocenters. The molecule has 3 rings (SSSR count). The lowest BCUT2D eigenvalue weighted by molar-refractivity contribution is 0.405. The number of hydrogen-bond acceptors (Lipinski definition) is 4.